The number of rotatable bonds is 6. The molecule has 1 atom stereocenters. The third-order valence-electron chi connectivity index (χ3n) is 7.71. The Hall–Kier alpha value is -2.38. The van der Waals surface area contributed by atoms with E-state index in [2.05, 4.69) is 27.1 Å². The third-order valence-corrected chi connectivity index (χ3v) is 8.45. The molecule has 2 fully saturated rings. The fraction of sp³-hybridized carbons (Fsp3) is 0.429. The Labute approximate surface area is 221 Å². The Morgan fingerprint density at radius 3 is 2.64 bits per heavy atom. The van der Waals surface area contributed by atoms with Gasteiger partial charge in [0.25, 0.3) is 0 Å². The number of hydrogen-bond donors (Lipinski definition) is 2. The molecule has 4 heterocycles. The van der Waals surface area contributed by atoms with Crippen LogP contribution in [-0.2, 0) is 4.79 Å². The lowest BCUT2D eigenvalue weighted by Crippen LogP contribution is -2.45. The third kappa shape index (κ3) is 5.78. The zero-order valence-electron chi connectivity index (χ0n) is 20.2. The number of nitrogens with one attached hydrogen (secondary N) is 1. The minimum Gasteiger partial charge on any atom is -0.392 e. The SMILES string of the molecule is O=C(C=Cc1ccc(Cl)c(Cl)c1)N1CCC(C(O)CN2CCC(c3c[nH]c4ncccc34)CC2)CC1. The van der Waals surface area contributed by atoms with Crippen LogP contribution in [-0.4, -0.2) is 69.6 Å². The molecule has 0 saturated carbocycles. The molecule has 1 unspecified atom stereocenters. The smallest absolute Gasteiger partial charge is 0.246 e. The van der Waals surface area contributed by atoms with Gasteiger partial charge in [0.15, 0.2) is 0 Å². The highest BCUT2D eigenvalue weighted by molar-refractivity contribution is 6.42. The second-order valence-electron chi connectivity index (χ2n) is 9.96. The molecule has 0 radical (unpaired) electrons. The predicted molar refractivity (Wildman–Crippen MR) is 145 cm³/mol. The molecule has 36 heavy (non-hydrogen) atoms. The van der Waals surface area contributed by atoms with Crippen LogP contribution in [0.2, 0.25) is 10.0 Å². The number of β-amino-alcohol motifs (C(OH)–C–C–N with tert-alkyl or cyclic N) is 1. The van der Waals surface area contributed by atoms with E-state index in [-0.39, 0.29) is 17.9 Å². The average Bonchev–Trinajstić information content (AvgIpc) is 3.34. The molecule has 2 aromatic heterocycles. The van der Waals surface area contributed by atoms with Crippen LogP contribution in [0.25, 0.3) is 17.1 Å². The first kappa shape index (κ1) is 25.3. The first-order valence-corrected chi connectivity index (χ1v) is 13.5. The number of pyridine rings is 1. The maximum atomic E-state index is 12.6. The van der Waals surface area contributed by atoms with Gasteiger partial charge in [-0.05, 0) is 92.1 Å². The largest absolute Gasteiger partial charge is 0.392 e. The zero-order chi connectivity index (χ0) is 25.1. The van der Waals surface area contributed by atoms with E-state index in [0.29, 0.717) is 35.6 Å². The molecule has 0 aliphatic carbocycles. The summed E-state index contributed by atoms with van der Waals surface area (Å²) in [5, 5.41) is 13.1. The van der Waals surface area contributed by atoms with Gasteiger partial charge in [0.1, 0.15) is 5.65 Å². The second-order valence-corrected chi connectivity index (χ2v) is 10.8. The molecule has 1 aromatic carbocycles. The van der Waals surface area contributed by atoms with E-state index in [4.69, 9.17) is 23.2 Å². The highest BCUT2D eigenvalue weighted by atomic mass is 35.5. The fourth-order valence-electron chi connectivity index (χ4n) is 5.55. The predicted octanol–water partition coefficient (Wildman–Crippen LogP) is 5.36. The van der Waals surface area contributed by atoms with Gasteiger partial charge in [-0.1, -0.05) is 29.3 Å². The number of nitrogens with zero attached hydrogens (tertiary/aromatic N) is 3. The topological polar surface area (TPSA) is 72.5 Å². The number of aliphatic hydroxyl groups excluding tert-OH is 1. The van der Waals surface area contributed by atoms with Gasteiger partial charge in [-0.25, -0.2) is 4.98 Å². The van der Waals surface area contributed by atoms with Crippen LogP contribution in [0.5, 0.6) is 0 Å². The standard InChI is InChI=1S/C28H32Cl2N4O2/c29-24-5-3-19(16-25(24)30)4-6-27(36)34-14-9-21(10-15-34)26(35)18-33-12-7-20(8-13-33)23-17-32-28-22(23)2-1-11-31-28/h1-6,11,16-17,20-21,26,35H,7-10,12-15,18H2,(H,31,32). The Morgan fingerprint density at radius 1 is 1.11 bits per heavy atom. The highest BCUT2D eigenvalue weighted by Crippen LogP contribution is 2.33. The Bertz CT molecular complexity index is 1230. The Morgan fingerprint density at radius 2 is 1.89 bits per heavy atom. The summed E-state index contributed by atoms with van der Waals surface area (Å²) in [5.41, 5.74) is 3.16. The molecule has 2 aliphatic rings. The van der Waals surface area contributed by atoms with Crippen LogP contribution < -0.4 is 0 Å². The number of halogens is 2. The van der Waals surface area contributed by atoms with Crippen LogP contribution in [0.1, 0.15) is 42.7 Å². The van der Waals surface area contributed by atoms with Gasteiger partial charge in [-0.15, -0.1) is 0 Å². The summed E-state index contributed by atoms with van der Waals surface area (Å²) in [4.78, 5) is 24.6. The number of carbonyl (C=O) groups excluding carboxylic acids is 1. The van der Waals surface area contributed by atoms with Gasteiger partial charge < -0.3 is 19.9 Å². The number of aromatic amines is 1. The van der Waals surface area contributed by atoms with E-state index in [1.165, 1.54) is 10.9 Å². The summed E-state index contributed by atoms with van der Waals surface area (Å²) in [6, 6.07) is 9.45. The lowest BCUT2D eigenvalue weighted by molar-refractivity contribution is -0.128. The van der Waals surface area contributed by atoms with Crippen molar-refractivity contribution < 1.29 is 9.90 Å². The van der Waals surface area contributed by atoms with Crippen molar-refractivity contribution >= 4 is 46.2 Å². The Balaban J connectivity index is 1.06. The van der Waals surface area contributed by atoms with Crippen LogP contribution in [0, 0.1) is 5.92 Å². The first-order valence-electron chi connectivity index (χ1n) is 12.7. The minimum atomic E-state index is -0.358. The van der Waals surface area contributed by atoms with E-state index < -0.39 is 0 Å². The summed E-state index contributed by atoms with van der Waals surface area (Å²) in [6.45, 7) is 4.03. The number of H-pyrrole nitrogens is 1. The van der Waals surface area contributed by atoms with Crippen molar-refractivity contribution in [2.75, 3.05) is 32.7 Å². The number of fused-ring (bicyclic) bond motifs is 1. The van der Waals surface area contributed by atoms with Crippen molar-refractivity contribution in [3.8, 4) is 0 Å². The van der Waals surface area contributed by atoms with E-state index in [9.17, 15) is 9.90 Å². The monoisotopic (exact) mass is 526 g/mol. The number of piperidine rings is 2. The molecular weight excluding hydrogens is 495 g/mol. The minimum absolute atomic E-state index is 0.0106. The van der Waals surface area contributed by atoms with Crippen molar-refractivity contribution in [2.24, 2.45) is 5.92 Å². The summed E-state index contributed by atoms with van der Waals surface area (Å²) >= 11 is 12.0. The van der Waals surface area contributed by atoms with Gasteiger partial charge in [0.2, 0.25) is 5.91 Å². The highest BCUT2D eigenvalue weighted by Gasteiger charge is 2.30. The van der Waals surface area contributed by atoms with Gasteiger partial charge >= 0.3 is 0 Å². The molecule has 1 amide bonds. The van der Waals surface area contributed by atoms with Crippen LogP contribution >= 0.6 is 23.2 Å². The normalized spacial score (nSPS) is 19.4. The molecule has 8 heteroatoms. The van der Waals surface area contributed by atoms with E-state index in [0.717, 1.165) is 50.0 Å². The van der Waals surface area contributed by atoms with Crippen molar-refractivity contribution in [3.05, 3.63) is 70.0 Å². The number of hydrogen-bond acceptors (Lipinski definition) is 4. The second kappa shape index (κ2) is 11.3. The molecule has 2 N–H and O–H groups in total. The molecule has 3 aromatic rings. The first-order chi connectivity index (χ1) is 17.5. The van der Waals surface area contributed by atoms with Crippen molar-refractivity contribution in [3.63, 3.8) is 0 Å². The molecule has 2 saturated heterocycles. The van der Waals surface area contributed by atoms with Gasteiger partial charge in [-0.3, -0.25) is 4.79 Å². The lowest BCUT2D eigenvalue weighted by Gasteiger charge is -2.37. The number of likely N-dealkylation sites (tertiary alicyclic amines) is 2. The van der Waals surface area contributed by atoms with Crippen LogP contribution in [0.15, 0.2) is 48.8 Å². The number of amides is 1. The summed E-state index contributed by atoms with van der Waals surface area (Å²) in [6.07, 6.45) is 10.8. The van der Waals surface area contributed by atoms with E-state index in [1.807, 2.05) is 23.2 Å². The van der Waals surface area contributed by atoms with E-state index in [1.54, 1.807) is 24.3 Å². The Kier molecular flexibility index (Phi) is 7.96. The number of benzene rings is 1. The fourth-order valence-corrected chi connectivity index (χ4v) is 5.86. The van der Waals surface area contributed by atoms with Gasteiger partial charge in [0, 0.05) is 43.5 Å². The molecule has 5 rings (SSSR count). The number of aromatic nitrogens is 2. The summed E-state index contributed by atoms with van der Waals surface area (Å²) in [7, 11) is 0. The van der Waals surface area contributed by atoms with Crippen LogP contribution in [0.4, 0.5) is 0 Å². The molecule has 6 nitrogen and oxygen atoms in total. The van der Waals surface area contributed by atoms with Crippen molar-refractivity contribution in [1.82, 2.24) is 19.8 Å². The van der Waals surface area contributed by atoms with Gasteiger partial charge in [-0.2, -0.15) is 0 Å². The summed E-state index contributed by atoms with van der Waals surface area (Å²) < 4.78 is 0. The quantitative estimate of drug-likeness (QED) is 0.424. The maximum absolute atomic E-state index is 12.6. The maximum Gasteiger partial charge on any atom is 0.246 e. The number of aliphatic hydroxyl groups is 1. The van der Waals surface area contributed by atoms with Crippen molar-refractivity contribution in [1.29, 1.82) is 0 Å². The molecule has 0 spiro atoms. The molecule has 0 bridgehead atoms. The van der Waals surface area contributed by atoms with E-state index >= 15 is 0 Å². The van der Waals surface area contributed by atoms with Crippen molar-refractivity contribution in [2.45, 2.75) is 37.7 Å². The van der Waals surface area contributed by atoms with Crippen LogP contribution in [0.3, 0.4) is 0 Å². The molecular formula is C28H32Cl2N4O2. The molecule has 190 valence electrons. The lowest BCUT2D eigenvalue weighted by atomic mass is 9.88. The molecule has 2 aliphatic heterocycles. The summed E-state index contributed by atoms with van der Waals surface area (Å²) in [5.74, 6) is 0.747. The number of carbonyl (C=O) groups is 1. The average molecular weight is 527 g/mol. The van der Waals surface area contributed by atoms with Gasteiger partial charge in [0.05, 0.1) is 16.1 Å². The zero-order valence-corrected chi connectivity index (χ0v) is 21.8.